The standard InChI is InChI=1S/C10H11ClFNO2/c11-7-10(14)13-5-6-15-9-4-2-1-3-8(9)12/h1-4H,5-7H2,(H,13,14). The molecule has 0 fully saturated rings. The summed E-state index contributed by atoms with van der Waals surface area (Å²) in [6.45, 7) is 0.517. The maximum atomic E-state index is 13.0. The molecule has 1 aromatic rings. The molecule has 0 aliphatic rings. The number of hydrogen-bond donors (Lipinski definition) is 1. The number of carbonyl (C=O) groups is 1. The molecule has 82 valence electrons. The number of alkyl halides is 1. The number of benzene rings is 1. The third-order valence-electron chi connectivity index (χ3n) is 1.64. The molecule has 1 aromatic carbocycles. The summed E-state index contributed by atoms with van der Waals surface area (Å²) >= 11 is 5.26. The minimum atomic E-state index is -0.416. The first-order valence-corrected chi connectivity index (χ1v) is 4.97. The van der Waals surface area contributed by atoms with Crippen LogP contribution in [0.25, 0.3) is 0 Å². The van der Waals surface area contributed by atoms with E-state index in [1.807, 2.05) is 0 Å². The zero-order valence-electron chi connectivity index (χ0n) is 8.00. The number of rotatable bonds is 5. The van der Waals surface area contributed by atoms with E-state index in [0.29, 0.717) is 6.54 Å². The molecule has 3 nitrogen and oxygen atoms in total. The van der Waals surface area contributed by atoms with Gasteiger partial charge in [-0.05, 0) is 12.1 Å². The van der Waals surface area contributed by atoms with Crippen molar-refractivity contribution in [2.24, 2.45) is 0 Å². The lowest BCUT2D eigenvalue weighted by atomic mass is 10.3. The predicted molar refractivity (Wildman–Crippen MR) is 55.6 cm³/mol. The van der Waals surface area contributed by atoms with Crippen LogP contribution in [0.15, 0.2) is 24.3 Å². The molecule has 0 unspecified atom stereocenters. The Morgan fingerprint density at radius 2 is 2.20 bits per heavy atom. The normalized spacial score (nSPS) is 9.73. The van der Waals surface area contributed by atoms with Crippen LogP contribution in [0.4, 0.5) is 4.39 Å². The third kappa shape index (κ3) is 4.16. The first-order chi connectivity index (χ1) is 7.24. The van der Waals surface area contributed by atoms with Gasteiger partial charge in [0.15, 0.2) is 11.6 Å². The maximum absolute atomic E-state index is 13.0. The van der Waals surface area contributed by atoms with Crippen LogP contribution in [0.3, 0.4) is 0 Å². The second-order valence-electron chi connectivity index (χ2n) is 2.76. The Morgan fingerprint density at radius 1 is 1.47 bits per heavy atom. The number of para-hydroxylation sites is 1. The molecule has 0 bridgehead atoms. The summed E-state index contributed by atoms with van der Waals surface area (Å²) in [7, 11) is 0. The molecule has 0 radical (unpaired) electrons. The topological polar surface area (TPSA) is 38.3 Å². The molecule has 0 spiro atoms. The average molecular weight is 232 g/mol. The molecular weight excluding hydrogens is 221 g/mol. The summed E-state index contributed by atoms with van der Waals surface area (Å²) in [5.74, 6) is -0.590. The van der Waals surface area contributed by atoms with Crippen LogP contribution in [0.1, 0.15) is 0 Å². The van der Waals surface area contributed by atoms with E-state index in [9.17, 15) is 9.18 Å². The van der Waals surface area contributed by atoms with Gasteiger partial charge in [0.1, 0.15) is 12.5 Å². The fourth-order valence-electron chi connectivity index (χ4n) is 0.960. The summed E-state index contributed by atoms with van der Waals surface area (Å²) in [5, 5.41) is 2.50. The number of carbonyl (C=O) groups excluding carboxylic acids is 1. The lowest BCUT2D eigenvalue weighted by molar-refractivity contribution is -0.118. The van der Waals surface area contributed by atoms with Crippen molar-refractivity contribution in [2.75, 3.05) is 19.0 Å². The third-order valence-corrected chi connectivity index (χ3v) is 1.88. The number of halogens is 2. The van der Waals surface area contributed by atoms with Crippen LogP contribution in [0.5, 0.6) is 5.75 Å². The molecule has 0 aromatic heterocycles. The van der Waals surface area contributed by atoms with Gasteiger partial charge in [-0.2, -0.15) is 0 Å². The summed E-state index contributed by atoms with van der Waals surface area (Å²) in [5.41, 5.74) is 0. The highest BCUT2D eigenvalue weighted by molar-refractivity contribution is 6.27. The van der Waals surface area contributed by atoms with E-state index >= 15 is 0 Å². The van der Waals surface area contributed by atoms with Crippen molar-refractivity contribution >= 4 is 17.5 Å². The molecule has 0 saturated carbocycles. The minimum absolute atomic E-state index is 0.0836. The Labute approximate surface area is 92.2 Å². The quantitative estimate of drug-likeness (QED) is 0.617. The summed E-state index contributed by atoms with van der Waals surface area (Å²) in [6.07, 6.45) is 0. The van der Waals surface area contributed by atoms with Gasteiger partial charge in [0.2, 0.25) is 5.91 Å². The van der Waals surface area contributed by atoms with Crippen LogP contribution in [-0.2, 0) is 4.79 Å². The molecule has 0 aliphatic carbocycles. The van der Waals surface area contributed by atoms with Crippen molar-refractivity contribution in [1.82, 2.24) is 5.32 Å². The van der Waals surface area contributed by atoms with Crippen molar-refractivity contribution < 1.29 is 13.9 Å². The first kappa shape index (κ1) is 11.8. The van der Waals surface area contributed by atoms with Crippen molar-refractivity contribution in [3.05, 3.63) is 30.1 Å². The van der Waals surface area contributed by atoms with Crippen LogP contribution < -0.4 is 10.1 Å². The molecule has 1 amide bonds. The molecule has 0 aliphatic heterocycles. The highest BCUT2D eigenvalue weighted by Gasteiger charge is 2.01. The van der Waals surface area contributed by atoms with E-state index in [1.165, 1.54) is 12.1 Å². The van der Waals surface area contributed by atoms with Gasteiger partial charge in [0.05, 0.1) is 6.54 Å². The zero-order chi connectivity index (χ0) is 11.1. The first-order valence-electron chi connectivity index (χ1n) is 4.44. The van der Waals surface area contributed by atoms with Crippen LogP contribution in [0, 0.1) is 5.82 Å². The van der Waals surface area contributed by atoms with E-state index in [4.69, 9.17) is 16.3 Å². The average Bonchev–Trinajstić information content (AvgIpc) is 2.26. The molecule has 0 saturated heterocycles. The highest BCUT2D eigenvalue weighted by atomic mass is 35.5. The zero-order valence-corrected chi connectivity index (χ0v) is 8.76. The lowest BCUT2D eigenvalue weighted by Crippen LogP contribution is -2.28. The van der Waals surface area contributed by atoms with E-state index < -0.39 is 5.82 Å². The molecule has 1 rings (SSSR count). The lowest BCUT2D eigenvalue weighted by Gasteiger charge is -2.07. The van der Waals surface area contributed by atoms with Gasteiger partial charge in [-0.1, -0.05) is 12.1 Å². The molecular formula is C10H11ClFNO2. The Morgan fingerprint density at radius 3 is 2.87 bits per heavy atom. The summed E-state index contributed by atoms with van der Waals surface area (Å²) in [4.78, 5) is 10.7. The van der Waals surface area contributed by atoms with Crippen molar-refractivity contribution in [3.63, 3.8) is 0 Å². The number of hydrogen-bond acceptors (Lipinski definition) is 2. The number of ether oxygens (including phenoxy) is 1. The SMILES string of the molecule is O=C(CCl)NCCOc1ccccc1F. The van der Waals surface area contributed by atoms with Crippen molar-refractivity contribution in [3.8, 4) is 5.75 Å². The molecule has 0 atom stereocenters. The van der Waals surface area contributed by atoms with Crippen molar-refractivity contribution in [1.29, 1.82) is 0 Å². The molecule has 15 heavy (non-hydrogen) atoms. The van der Waals surface area contributed by atoms with Crippen LogP contribution in [0.2, 0.25) is 0 Å². The monoisotopic (exact) mass is 231 g/mol. The van der Waals surface area contributed by atoms with Gasteiger partial charge < -0.3 is 10.1 Å². The molecule has 5 heteroatoms. The Bertz CT molecular complexity index is 333. The van der Waals surface area contributed by atoms with E-state index in [1.54, 1.807) is 12.1 Å². The van der Waals surface area contributed by atoms with Crippen LogP contribution in [-0.4, -0.2) is 24.9 Å². The summed E-state index contributed by atoms with van der Waals surface area (Å²) < 4.78 is 18.1. The van der Waals surface area contributed by atoms with Gasteiger partial charge >= 0.3 is 0 Å². The van der Waals surface area contributed by atoms with E-state index in [2.05, 4.69) is 5.32 Å². The van der Waals surface area contributed by atoms with Gasteiger partial charge in [-0.3, -0.25) is 4.79 Å². The molecule has 0 heterocycles. The predicted octanol–water partition coefficient (Wildman–Crippen LogP) is 1.56. The van der Waals surface area contributed by atoms with Gasteiger partial charge in [-0.15, -0.1) is 11.6 Å². The van der Waals surface area contributed by atoms with Gasteiger partial charge in [0.25, 0.3) is 0 Å². The second-order valence-corrected chi connectivity index (χ2v) is 3.03. The van der Waals surface area contributed by atoms with Gasteiger partial charge in [0, 0.05) is 0 Å². The maximum Gasteiger partial charge on any atom is 0.235 e. The number of nitrogens with one attached hydrogen (secondary N) is 1. The minimum Gasteiger partial charge on any atom is -0.489 e. The fourth-order valence-corrected chi connectivity index (χ4v) is 1.05. The smallest absolute Gasteiger partial charge is 0.235 e. The van der Waals surface area contributed by atoms with E-state index in [-0.39, 0.29) is 24.1 Å². The Kier molecular flexibility index (Phi) is 4.90. The van der Waals surface area contributed by atoms with Gasteiger partial charge in [-0.25, -0.2) is 4.39 Å². The highest BCUT2D eigenvalue weighted by Crippen LogP contribution is 2.14. The largest absolute Gasteiger partial charge is 0.489 e. The summed E-state index contributed by atoms with van der Waals surface area (Å²) in [6, 6.07) is 6.10. The Hall–Kier alpha value is -1.29. The molecule has 1 N–H and O–H groups in total. The van der Waals surface area contributed by atoms with E-state index in [0.717, 1.165) is 0 Å². The Balaban J connectivity index is 2.26. The van der Waals surface area contributed by atoms with Crippen LogP contribution >= 0.6 is 11.6 Å². The number of amides is 1. The van der Waals surface area contributed by atoms with Crippen molar-refractivity contribution in [2.45, 2.75) is 0 Å². The fraction of sp³-hybridized carbons (Fsp3) is 0.300. The second kappa shape index (κ2) is 6.24.